The molecule has 0 radical (unpaired) electrons. The van der Waals surface area contributed by atoms with E-state index < -0.39 is 0 Å². The molecule has 0 aromatic carbocycles. The zero-order valence-electron chi connectivity index (χ0n) is 9.12. The van der Waals surface area contributed by atoms with Crippen LogP contribution in [0.5, 0.6) is 0 Å². The average Bonchev–Trinajstić information content (AvgIpc) is 2.12. The Morgan fingerprint density at radius 1 is 1.00 bits per heavy atom. The van der Waals surface area contributed by atoms with E-state index in [0.717, 1.165) is 11.5 Å². The van der Waals surface area contributed by atoms with Crippen molar-refractivity contribution in [2.24, 2.45) is 0 Å². The Labute approximate surface area is 107 Å². The van der Waals surface area contributed by atoms with E-state index in [-0.39, 0.29) is 23.7 Å². The summed E-state index contributed by atoms with van der Waals surface area (Å²) >= 11 is 2.55. The van der Waals surface area contributed by atoms with Gasteiger partial charge in [0.2, 0.25) is 0 Å². The number of carbonyl (C=O) groups excluding carboxylic acids is 2. The minimum absolute atomic E-state index is 0. The maximum absolute atomic E-state index is 10.1. The van der Waals surface area contributed by atoms with Gasteiger partial charge in [-0.1, -0.05) is 35.7 Å². The molecule has 0 fully saturated rings. The lowest BCUT2D eigenvalue weighted by molar-refractivity contribution is -0.109. The molecule has 0 heterocycles. The third kappa shape index (κ3) is 31.6. The number of rotatable bonds is 4. The van der Waals surface area contributed by atoms with E-state index in [1.807, 2.05) is 0 Å². The van der Waals surface area contributed by atoms with Gasteiger partial charge >= 0.3 is 0 Å². The molecule has 0 bridgehead atoms. The summed E-state index contributed by atoms with van der Waals surface area (Å²) in [5.41, 5.74) is 0. The van der Waals surface area contributed by atoms with Crippen LogP contribution in [0.25, 0.3) is 0 Å². The fourth-order valence-corrected chi connectivity index (χ4v) is 1.06. The zero-order valence-corrected chi connectivity index (χ0v) is 11.7. The van der Waals surface area contributed by atoms with Gasteiger partial charge in [-0.15, -0.1) is 13.2 Å². The van der Waals surface area contributed by atoms with Crippen molar-refractivity contribution >= 4 is 47.3 Å². The van der Waals surface area contributed by atoms with Gasteiger partial charge in [0.1, 0.15) is 0 Å². The summed E-state index contributed by atoms with van der Waals surface area (Å²) in [4.78, 5) is 20.2. The molecule has 0 aliphatic heterocycles. The highest BCUT2D eigenvalue weighted by Crippen LogP contribution is 1.99. The Kier molecular flexibility index (Phi) is 22.1. The van der Waals surface area contributed by atoms with Gasteiger partial charge in [-0.05, 0) is 0 Å². The SMILES string of the molecule is C=CCSC(C)=O.C=CCSC(C)=O.S. The molecule has 2 nitrogen and oxygen atoms in total. The Hall–Kier alpha value is -0.130. The van der Waals surface area contributed by atoms with Crippen molar-refractivity contribution in [3.05, 3.63) is 25.3 Å². The summed E-state index contributed by atoms with van der Waals surface area (Å²) in [5, 5.41) is 0.305. The van der Waals surface area contributed by atoms with Crippen LogP contribution in [0.4, 0.5) is 0 Å². The smallest absolute Gasteiger partial charge is 0.186 e. The van der Waals surface area contributed by atoms with Crippen molar-refractivity contribution in [2.45, 2.75) is 13.8 Å². The topological polar surface area (TPSA) is 34.1 Å². The lowest BCUT2D eigenvalue weighted by Crippen LogP contribution is -1.79. The lowest BCUT2D eigenvalue weighted by atomic mass is 10.8. The first-order valence-corrected chi connectivity index (χ1v) is 6.00. The van der Waals surface area contributed by atoms with Crippen LogP contribution in [0.1, 0.15) is 13.8 Å². The van der Waals surface area contributed by atoms with Gasteiger partial charge < -0.3 is 0 Å². The number of hydrogen-bond acceptors (Lipinski definition) is 4. The molecule has 0 unspecified atom stereocenters. The van der Waals surface area contributed by atoms with Crippen LogP contribution in [0, 0.1) is 0 Å². The van der Waals surface area contributed by atoms with E-state index in [4.69, 9.17) is 0 Å². The summed E-state index contributed by atoms with van der Waals surface area (Å²) in [6, 6.07) is 0. The number of hydrogen-bond donors (Lipinski definition) is 0. The van der Waals surface area contributed by atoms with Crippen LogP contribution < -0.4 is 0 Å². The molecule has 0 saturated carbocycles. The standard InChI is InChI=1S/2C5H8OS.H2S/c2*1-3-4-7-5(2)6;/h2*3H,1,4H2,2H3;1H2. The molecule has 0 N–H and O–H groups in total. The van der Waals surface area contributed by atoms with Crippen LogP contribution in [0.15, 0.2) is 25.3 Å². The Balaban J connectivity index is -0.000000180. The molecule has 88 valence electrons. The van der Waals surface area contributed by atoms with Crippen molar-refractivity contribution in [3.8, 4) is 0 Å². The molecule has 0 aliphatic rings. The molecule has 0 aliphatic carbocycles. The molecular weight excluding hydrogens is 248 g/mol. The van der Waals surface area contributed by atoms with Crippen LogP contribution in [-0.4, -0.2) is 21.7 Å². The van der Waals surface area contributed by atoms with Crippen LogP contribution in [-0.2, 0) is 9.59 Å². The molecule has 0 spiro atoms. The van der Waals surface area contributed by atoms with E-state index in [1.54, 1.807) is 26.0 Å². The molecule has 0 atom stereocenters. The Morgan fingerprint density at radius 2 is 1.27 bits per heavy atom. The second kappa shape index (κ2) is 16.3. The lowest BCUT2D eigenvalue weighted by Gasteiger charge is -1.82. The van der Waals surface area contributed by atoms with Crippen LogP contribution in [0.2, 0.25) is 0 Å². The van der Waals surface area contributed by atoms with E-state index >= 15 is 0 Å². The zero-order chi connectivity index (χ0) is 11.4. The van der Waals surface area contributed by atoms with Crippen LogP contribution >= 0.6 is 37.0 Å². The minimum Gasteiger partial charge on any atom is -0.288 e. The summed E-state index contributed by atoms with van der Waals surface area (Å²) in [6.07, 6.45) is 3.43. The minimum atomic E-state index is 0. The van der Waals surface area contributed by atoms with Crippen molar-refractivity contribution in [2.75, 3.05) is 11.5 Å². The molecule has 0 rings (SSSR count). The highest BCUT2D eigenvalue weighted by molar-refractivity contribution is 8.13. The third-order valence-electron chi connectivity index (χ3n) is 0.809. The normalized spacial score (nSPS) is 7.60. The second-order valence-corrected chi connectivity index (χ2v) is 4.58. The van der Waals surface area contributed by atoms with Gasteiger partial charge in [0.15, 0.2) is 10.2 Å². The van der Waals surface area contributed by atoms with E-state index in [1.165, 1.54) is 23.5 Å². The first kappa shape index (κ1) is 20.3. The van der Waals surface area contributed by atoms with Crippen molar-refractivity contribution in [3.63, 3.8) is 0 Å². The van der Waals surface area contributed by atoms with E-state index in [2.05, 4.69) is 13.2 Å². The maximum atomic E-state index is 10.1. The molecule has 5 heteroatoms. The summed E-state index contributed by atoms with van der Waals surface area (Å²) in [6.45, 7) is 10.0. The van der Waals surface area contributed by atoms with Crippen molar-refractivity contribution < 1.29 is 9.59 Å². The van der Waals surface area contributed by atoms with Gasteiger partial charge in [0, 0.05) is 25.4 Å². The fraction of sp³-hybridized carbons (Fsp3) is 0.400. The number of carbonyl (C=O) groups is 2. The van der Waals surface area contributed by atoms with Gasteiger partial charge in [0.25, 0.3) is 0 Å². The average molecular weight is 266 g/mol. The summed E-state index contributed by atoms with van der Waals surface area (Å²) < 4.78 is 0. The predicted octanol–water partition coefficient (Wildman–Crippen LogP) is 3.02. The van der Waals surface area contributed by atoms with Gasteiger partial charge in [0.05, 0.1) is 0 Å². The molecule has 0 aromatic heterocycles. The first-order chi connectivity index (χ1) is 6.54. The van der Waals surface area contributed by atoms with E-state index in [9.17, 15) is 9.59 Å². The quantitative estimate of drug-likeness (QED) is 0.733. The number of thioether (sulfide) groups is 2. The molecule has 0 saturated heterocycles. The summed E-state index contributed by atoms with van der Waals surface area (Å²) in [7, 11) is 0. The first-order valence-electron chi connectivity index (χ1n) is 4.03. The predicted molar refractivity (Wildman–Crippen MR) is 77.1 cm³/mol. The molecule has 15 heavy (non-hydrogen) atoms. The highest BCUT2D eigenvalue weighted by Gasteiger charge is 1.86. The van der Waals surface area contributed by atoms with E-state index in [0.29, 0.717) is 0 Å². The Morgan fingerprint density at radius 3 is 1.33 bits per heavy atom. The molecule has 0 amide bonds. The van der Waals surface area contributed by atoms with Crippen molar-refractivity contribution in [1.82, 2.24) is 0 Å². The van der Waals surface area contributed by atoms with Gasteiger partial charge in [-0.25, -0.2) is 0 Å². The van der Waals surface area contributed by atoms with Crippen LogP contribution in [0.3, 0.4) is 0 Å². The Bertz CT molecular complexity index is 181. The highest BCUT2D eigenvalue weighted by atomic mass is 32.2. The van der Waals surface area contributed by atoms with Crippen molar-refractivity contribution in [1.29, 1.82) is 0 Å². The largest absolute Gasteiger partial charge is 0.288 e. The maximum Gasteiger partial charge on any atom is 0.186 e. The van der Waals surface area contributed by atoms with Gasteiger partial charge in [-0.3, -0.25) is 9.59 Å². The fourth-order valence-electron chi connectivity index (χ4n) is 0.353. The third-order valence-corrected chi connectivity index (χ3v) is 2.43. The second-order valence-electron chi connectivity index (χ2n) is 2.18. The molecular formula is C10H18O2S3. The molecule has 0 aromatic rings. The summed E-state index contributed by atoms with van der Waals surface area (Å²) in [5.74, 6) is 1.46. The monoisotopic (exact) mass is 266 g/mol. The van der Waals surface area contributed by atoms with Gasteiger partial charge in [-0.2, -0.15) is 13.5 Å².